The average molecular weight is 234 g/mol. The Hall–Kier alpha value is -1.27. The van der Waals surface area contributed by atoms with E-state index in [-0.39, 0.29) is 17.2 Å². The van der Waals surface area contributed by atoms with Crippen molar-refractivity contribution >= 4 is 28.9 Å². The summed E-state index contributed by atoms with van der Waals surface area (Å²) in [6.45, 7) is 0. The summed E-state index contributed by atoms with van der Waals surface area (Å²) in [5, 5.41) is 13.2. The summed E-state index contributed by atoms with van der Waals surface area (Å²) in [5.41, 5.74) is 0.278. The van der Waals surface area contributed by atoms with Crippen molar-refractivity contribution in [2.75, 3.05) is 0 Å². The van der Waals surface area contributed by atoms with Crippen LogP contribution in [0.1, 0.15) is 5.56 Å². The van der Waals surface area contributed by atoms with Gasteiger partial charge in [0.05, 0.1) is 5.56 Å². The lowest BCUT2D eigenvalue weighted by atomic mass is 10.2. The molecule has 1 N–H and O–H groups in total. The molecule has 7 heteroatoms. The number of phenolic OH excluding ortho intramolecular Hbond substituents is 1. The highest BCUT2D eigenvalue weighted by Crippen LogP contribution is 2.24. The second-order valence-electron chi connectivity index (χ2n) is 2.42. The SMILES string of the molecule is O=S1ON=C(c2ccc(Cl)cc2O)O1. The Morgan fingerprint density at radius 1 is 1.50 bits per heavy atom. The number of halogens is 1. The van der Waals surface area contributed by atoms with Crippen molar-refractivity contribution in [1.29, 1.82) is 0 Å². The van der Waals surface area contributed by atoms with Crippen molar-refractivity contribution in [2.45, 2.75) is 0 Å². The zero-order chi connectivity index (χ0) is 10.1. The highest BCUT2D eigenvalue weighted by atomic mass is 35.5. The molecule has 0 bridgehead atoms. The van der Waals surface area contributed by atoms with Gasteiger partial charge in [-0.2, -0.15) is 4.21 Å². The van der Waals surface area contributed by atoms with E-state index >= 15 is 0 Å². The lowest BCUT2D eigenvalue weighted by Gasteiger charge is -2.00. The molecule has 5 nitrogen and oxygen atoms in total. The quantitative estimate of drug-likeness (QED) is 0.795. The Kier molecular flexibility index (Phi) is 2.30. The summed E-state index contributed by atoms with van der Waals surface area (Å²) in [5.74, 6) is -0.142. The third-order valence-corrected chi connectivity index (χ3v) is 2.24. The molecule has 0 fully saturated rings. The van der Waals surface area contributed by atoms with E-state index in [0.717, 1.165) is 0 Å². The Labute approximate surface area is 86.8 Å². The molecule has 1 aliphatic rings. The van der Waals surface area contributed by atoms with Gasteiger partial charge in [-0.1, -0.05) is 11.6 Å². The molecule has 1 unspecified atom stereocenters. The predicted octanol–water partition coefficient (Wildman–Crippen LogP) is 1.33. The molecule has 0 saturated heterocycles. The fourth-order valence-corrected chi connectivity index (χ4v) is 1.51. The van der Waals surface area contributed by atoms with E-state index in [1.807, 2.05) is 0 Å². The monoisotopic (exact) mass is 233 g/mol. The van der Waals surface area contributed by atoms with E-state index in [0.29, 0.717) is 5.02 Å². The number of benzene rings is 1. The first kappa shape index (κ1) is 9.29. The van der Waals surface area contributed by atoms with Crippen LogP contribution in [0.25, 0.3) is 0 Å². The molecule has 14 heavy (non-hydrogen) atoms. The Balaban J connectivity index is 2.38. The Morgan fingerprint density at radius 2 is 2.29 bits per heavy atom. The van der Waals surface area contributed by atoms with Crippen molar-refractivity contribution in [2.24, 2.45) is 5.16 Å². The molecule has 2 rings (SSSR count). The van der Waals surface area contributed by atoms with Gasteiger partial charge >= 0.3 is 11.4 Å². The van der Waals surface area contributed by atoms with E-state index in [2.05, 4.69) is 13.6 Å². The van der Waals surface area contributed by atoms with Gasteiger partial charge in [0.25, 0.3) is 5.90 Å². The van der Waals surface area contributed by atoms with Crippen molar-refractivity contribution in [1.82, 2.24) is 0 Å². The number of hydrogen-bond donors (Lipinski definition) is 1. The number of aromatic hydroxyl groups is 1. The Morgan fingerprint density at radius 3 is 2.86 bits per heavy atom. The van der Waals surface area contributed by atoms with E-state index in [4.69, 9.17) is 11.6 Å². The van der Waals surface area contributed by atoms with Crippen LogP contribution >= 0.6 is 11.6 Å². The molecular formula is C7H4ClNO4S. The topological polar surface area (TPSA) is 68.1 Å². The lowest BCUT2D eigenvalue weighted by molar-refractivity contribution is 0.371. The van der Waals surface area contributed by atoms with Crippen LogP contribution in [-0.4, -0.2) is 15.2 Å². The van der Waals surface area contributed by atoms with E-state index in [9.17, 15) is 9.32 Å². The number of rotatable bonds is 1. The number of phenols is 1. The first-order chi connectivity index (χ1) is 6.66. The van der Waals surface area contributed by atoms with Crippen molar-refractivity contribution in [3.8, 4) is 5.75 Å². The maximum atomic E-state index is 10.6. The summed E-state index contributed by atoms with van der Waals surface area (Å²) in [4.78, 5) is 0. The zero-order valence-corrected chi connectivity index (χ0v) is 8.21. The molecule has 1 heterocycles. The molecule has 1 aromatic carbocycles. The molecule has 0 aliphatic carbocycles. The van der Waals surface area contributed by atoms with Gasteiger partial charge in [0.15, 0.2) is 0 Å². The summed E-state index contributed by atoms with van der Waals surface area (Å²) >= 11 is 3.71. The minimum absolute atomic E-state index is 0.0301. The average Bonchev–Trinajstić information content (AvgIpc) is 2.51. The fraction of sp³-hybridized carbons (Fsp3) is 0. The Bertz CT molecular complexity index is 434. The smallest absolute Gasteiger partial charge is 0.441 e. The summed E-state index contributed by atoms with van der Waals surface area (Å²) in [7, 11) is 0. The van der Waals surface area contributed by atoms with Crippen LogP contribution in [-0.2, 0) is 19.8 Å². The summed E-state index contributed by atoms with van der Waals surface area (Å²) in [6, 6.07) is 4.36. The van der Waals surface area contributed by atoms with Gasteiger partial charge in [0.1, 0.15) is 5.75 Å². The molecule has 0 radical (unpaired) electrons. The third kappa shape index (κ3) is 1.66. The van der Waals surface area contributed by atoms with Gasteiger partial charge in [0.2, 0.25) is 0 Å². The van der Waals surface area contributed by atoms with Crippen LogP contribution in [0.3, 0.4) is 0 Å². The molecule has 0 saturated carbocycles. The third-order valence-electron chi connectivity index (χ3n) is 1.52. The van der Waals surface area contributed by atoms with Crippen LogP contribution in [0.15, 0.2) is 23.4 Å². The van der Waals surface area contributed by atoms with Gasteiger partial charge in [-0.15, -0.1) is 0 Å². The second-order valence-corrected chi connectivity index (χ2v) is 3.58. The summed E-state index contributed by atoms with van der Waals surface area (Å²) in [6.07, 6.45) is 0. The van der Waals surface area contributed by atoms with Crippen LogP contribution in [0, 0.1) is 0 Å². The maximum absolute atomic E-state index is 10.6. The van der Waals surface area contributed by atoms with Gasteiger partial charge in [0, 0.05) is 5.02 Å². The molecule has 0 aromatic heterocycles. The molecular weight excluding hydrogens is 230 g/mol. The molecule has 1 aromatic rings. The lowest BCUT2D eigenvalue weighted by Crippen LogP contribution is -2.01. The highest BCUT2D eigenvalue weighted by molar-refractivity contribution is 7.75. The predicted molar refractivity (Wildman–Crippen MR) is 50.0 cm³/mol. The first-order valence-electron chi connectivity index (χ1n) is 3.51. The fourth-order valence-electron chi connectivity index (χ4n) is 0.939. The van der Waals surface area contributed by atoms with Gasteiger partial charge in [-0.05, 0) is 23.4 Å². The van der Waals surface area contributed by atoms with E-state index < -0.39 is 11.4 Å². The zero-order valence-electron chi connectivity index (χ0n) is 6.64. The second kappa shape index (κ2) is 3.47. The highest BCUT2D eigenvalue weighted by Gasteiger charge is 2.22. The van der Waals surface area contributed by atoms with Crippen molar-refractivity contribution in [3.63, 3.8) is 0 Å². The van der Waals surface area contributed by atoms with E-state index in [1.165, 1.54) is 12.1 Å². The number of nitrogens with zero attached hydrogens (tertiary/aromatic N) is 1. The van der Waals surface area contributed by atoms with Crippen LogP contribution < -0.4 is 0 Å². The minimum Gasteiger partial charge on any atom is -0.507 e. The molecule has 1 atom stereocenters. The minimum atomic E-state index is -1.91. The van der Waals surface area contributed by atoms with Crippen molar-refractivity contribution < 1.29 is 17.8 Å². The van der Waals surface area contributed by atoms with Gasteiger partial charge in [-0.25, -0.2) is 0 Å². The normalized spacial score (nSPS) is 19.8. The van der Waals surface area contributed by atoms with Crippen LogP contribution in [0.4, 0.5) is 0 Å². The van der Waals surface area contributed by atoms with Crippen LogP contribution in [0.2, 0.25) is 5.02 Å². The van der Waals surface area contributed by atoms with Gasteiger partial charge in [-0.3, -0.25) is 4.28 Å². The van der Waals surface area contributed by atoms with Crippen molar-refractivity contribution in [3.05, 3.63) is 28.8 Å². The molecule has 0 spiro atoms. The number of oxime groups is 1. The first-order valence-corrected chi connectivity index (χ1v) is 4.89. The molecule has 74 valence electrons. The van der Waals surface area contributed by atoms with E-state index in [1.54, 1.807) is 6.07 Å². The molecule has 1 aliphatic heterocycles. The maximum Gasteiger partial charge on any atom is 0.441 e. The van der Waals surface area contributed by atoms with Crippen LogP contribution in [0.5, 0.6) is 5.75 Å². The number of hydrogen-bond acceptors (Lipinski definition) is 5. The summed E-state index contributed by atoms with van der Waals surface area (Å²) < 4.78 is 19.6. The van der Waals surface area contributed by atoms with Gasteiger partial charge < -0.3 is 9.29 Å². The largest absolute Gasteiger partial charge is 0.507 e. The standard InChI is InChI=1S/C7H4ClNO4S/c8-4-1-2-5(6(10)3-4)7-9-13-14(11)12-7/h1-3,10H. The molecule has 0 amide bonds.